The second kappa shape index (κ2) is 13.7. The molecule has 3 amide bonds. The highest BCUT2D eigenvalue weighted by Crippen LogP contribution is 2.35. The lowest BCUT2D eigenvalue weighted by atomic mass is 9.95. The summed E-state index contributed by atoms with van der Waals surface area (Å²) in [7, 11) is 1.96. The molecule has 15 heteroatoms. The number of fused-ring (bicyclic) bond motifs is 4. The van der Waals surface area contributed by atoms with E-state index in [0.29, 0.717) is 24.4 Å². The molecule has 1 aromatic heterocycles. The van der Waals surface area contributed by atoms with E-state index < -0.39 is 6.04 Å². The van der Waals surface area contributed by atoms with Crippen LogP contribution in [0.25, 0.3) is 5.70 Å². The van der Waals surface area contributed by atoms with Gasteiger partial charge < -0.3 is 30.0 Å². The first-order valence-corrected chi connectivity index (χ1v) is 19.9. The summed E-state index contributed by atoms with van der Waals surface area (Å²) in [5, 5.41) is 18.5. The highest BCUT2D eigenvalue weighted by Gasteiger charge is 2.40. The second-order valence-electron chi connectivity index (χ2n) is 16.1. The molecule has 8 heterocycles. The van der Waals surface area contributed by atoms with Gasteiger partial charge in [0.1, 0.15) is 17.6 Å². The van der Waals surface area contributed by atoms with Crippen LogP contribution >= 0.6 is 0 Å². The minimum absolute atomic E-state index is 0.126. The Hall–Kier alpha value is -5.83. The highest BCUT2D eigenvalue weighted by molar-refractivity contribution is 6.05. The van der Waals surface area contributed by atoms with E-state index in [0.717, 1.165) is 117 Å². The van der Waals surface area contributed by atoms with E-state index >= 15 is 0 Å². The predicted octanol–water partition coefficient (Wildman–Crippen LogP) is 1.93. The monoisotopic (exact) mass is 757 g/mol. The van der Waals surface area contributed by atoms with Gasteiger partial charge in [-0.15, -0.1) is 0 Å². The van der Waals surface area contributed by atoms with Gasteiger partial charge in [-0.2, -0.15) is 0 Å². The van der Waals surface area contributed by atoms with Crippen LogP contribution in [0.4, 0.5) is 11.6 Å². The van der Waals surface area contributed by atoms with Gasteiger partial charge in [-0.05, 0) is 61.1 Å². The molecule has 2 aromatic carbocycles. The summed E-state index contributed by atoms with van der Waals surface area (Å²) in [6.45, 7) is 8.27. The van der Waals surface area contributed by atoms with Crippen LogP contribution in [0.5, 0.6) is 5.75 Å². The first-order chi connectivity index (χ1) is 27.3. The Morgan fingerprint density at radius 3 is 2.59 bits per heavy atom. The number of anilines is 2. The number of carbonyl (C=O) groups is 3. The van der Waals surface area contributed by atoms with Crippen LogP contribution in [-0.4, -0.2) is 117 Å². The molecule has 7 aliphatic heterocycles. The lowest BCUT2D eigenvalue weighted by Gasteiger charge is -2.48. The van der Waals surface area contributed by atoms with Crippen molar-refractivity contribution in [3.63, 3.8) is 0 Å². The largest absolute Gasteiger partial charge is 0.507 e. The third kappa shape index (κ3) is 6.14. The van der Waals surface area contributed by atoms with Crippen molar-refractivity contribution < 1.29 is 19.5 Å². The number of piperidine rings is 2. The normalized spacial score (nSPS) is 24.0. The smallest absolute Gasteiger partial charge is 0.255 e. The van der Waals surface area contributed by atoms with Crippen molar-refractivity contribution in [2.45, 2.75) is 57.4 Å². The number of amides is 3. The van der Waals surface area contributed by atoms with E-state index in [1.54, 1.807) is 11.0 Å². The SMILES string of the molecule is CN1NC2=C(C=C1c1ccccc1O)N1CCN(c3ncc4c(n3)CN(CC3CCN(c5ccc6c(c5)C(=O)N(C5CCC(=O)NC5=O)C6)CC3)C4)C[C@@H]1CN2. The van der Waals surface area contributed by atoms with Gasteiger partial charge in [-0.1, -0.05) is 18.2 Å². The van der Waals surface area contributed by atoms with Crippen molar-refractivity contribution in [2.75, 3.05) is 62.7 Å². The molecule has 0 bridgehead atoms. The van der Waals surface area contributed by atoms with Crippen molar-refractivity contribution in [3.05, 3.63) is 94.2 Å². The molecule has 0 saturated carbocycles. The van der Waals surface area contributed by atoms with Crippen molar-refractivity contribution >= 4 is 35.1 Å². The second-order valence-corrected chi connectivity index (χ2v) is 16.1. The number of aromatic hydroxyl groups is 1. The number of hydrogen-bond acceptors (Lipinski definition) is 13. The fourth-order valence-electron chi connectivity index (χ4n) is 9.61. The van der Waals surface area contributed by atoms with Gasteiger partial charge in [0.05, 0.1) is 23.1 Å². The summed E-state index contributed by atoms with van der Waals surface area (Å²) in [5.41, 5.74) is 11.3. The van der Waals surface area contributed by atoms with E-state index in [1.165, 1.54) is 5.56 Å². The van der Waals surface area contributed by atoms with E-state index in [4.69, 9.17) is 9.97 Å². The minimum atomic E-state index is -0.597. The Balaban J connectivity index is 0.734. The van der Waals surface area contributed by atoms with Gasteiger partial charge in [0.15, 0.2) is 0 Å². The van der Waals surface area contributed by atoms with Crippen LogP contribution in [0.15, 0.2) is 66.3 Å². The number of phenolic OH excluding ortho intramolecular Hbond substituents is 1. The summed E-state index contributed by atoms with van der Waals surface area (Å²) >= 11 is 0. The molecule has 290 valence electrons. The minimum Gasteiger partial charge on any atom is -0.507 e. The van der Waals surface area contributed by atoms with Crippen LogP contribution in [0.3, 0.4) is 0 Å². The molecule has 10 rings (SSSR count). The molecule has 1 unspecified atom stereocenters. The maximum atomic E-state index is 13.4. The Morgan fingerprint density at radius 2 is 1.75 bits per heavy atom. The molecule has 0 aliphatic carbocycles. The van der Waals surface area contributed by atoms with Crippen molar-refractivity contribution in [2.24, 2.45) is 5.92 Å². The van der Waals surface area contributed by atoms with Gasteiger partial charge >= 0.3 is 0 Å². The number of phenols is 1. The van der Waals surface area contributed by atoms with Crippen LogP contribution in [0, 0.1) is 5.92 Å². The van der Waals surface area contributed by atoms with E-state index in [-0.39, 0.29) is 35.9 Å². The predicted molar refractivity (Wildman–Crippen MR) is 208 cm³/mol. The zero-order valence-corrected chi connectivity index (χ0v) is 31.6. The molecule has 3 fully saturated rings. The molecular formula is C41H47N11O4. The van der Waals surface area contributed by atoms with Crippen LogP contribution < -0.4 is 25.9 Å². The molecule has 3 aromatic rings. The third-order valence-electron chi connectivity index (χ3n) is 12.7. The molecule has 15 nitrogen and oxygen atoms in total. The topological polar surface area (TPSA) is 153 Å². The summed E-state index contributed by atoms with van der Waals surface area (Å²) < 4.78 is 0. The molecular weight excluding hydrogens is 711 g/mol. The number of piperazine rings is 1. The molecule has 2 atom stereocenters. The zero-order valence-electron chi connectivity index (χ0n) is 31.6. The number of aromatic nitrogens is 2. The standard InChI is InChI=1S/C41H47N11O4/c1-47-34(30-4-2-3-5-36(30)53)17-35-38(46-47)42-19-29-23-50(14-15-51(29)35)41-43-18-27-21-48(24-32(27)44-41)20-25-10-12-49(13-11-25)28-7-6-26-22-52(40(56)31(26)16-28)33-8-9-37(54)45-39(33)55/h2-7,16-18,25,29,33,42,46,53H,8-15,19-24H2,1H3,(H,45,54,55)/t29-,33?/m0/s1. The summed E-state index contributed by atoms with van der Waals surface area (Å²) in [4.78, 5) is 58.8. The number of hydrogen-bond donors (Lipinski definition) is 4. The quantitative estimate of drug-likeness (QED) is 0.272. The van der Waals surface area contributed by atoms with E-state index in [9.17, 15) is 19.5 Å². The lowest BCUT2D eigenvalue weighted by molar-refractivity contribution is -0.136. The third-order valence-corrected chi connectivity index (χ3v) is 12.7. The number of benzene rings is 2. The maximum Gasteiger partial charge on any atom is 0.255 e. The number of nitrogens with zero attached hydrogens (tertiary/aromatic N) is 8. The van der Waals surface area contributed by atoms with Gasteiger partial charge in [-0.25, -0.2) is 9.97 Å². The van der Waals surface area contributed by atoms with Gasteiger partial charge in [0, 0.05) is 107 Å². The number of nitrogens with one attached hydrogen (secondary N) is 3. The number of para-hydroxylation sites is 1. The first-order valence-electron chi connectivity index (χ1n) is 19.9. The number of hydrazine groups is 1. The molecule has 56 heavy (non-hydrogen) atoms. The Labute approximate surface area is 325 Å². The van der Waals surface area contributed by atoms with Crippen LogP contribution in [0.1, 0.15) is 58.4 Å². The van der Waals surface area contributed by atoms with Crippen molar-refractivity contribution in [1.82, 2.24) is 45.7 Å². The molecule has 0 radical (unpaired) electrons. The maximum absolute atomic E-state index is 13.4. The fraction of sp³-hybridized carbons (Fsp3) is 0.439. The molecule has 4 N–H and O–H groups in total. The van der Waals surface area contributed by atoms with Gasteiger partial charge in [0.2, 0.25) is 17.8 Å². The van der Waals surface area contributed by atoms with Gasteiger partial charge in [-0.3, -0.25) is 35.0 Å². The summed E-state index contributed by atoms with van der Waals surface area (Å²) in [6, 6.07) is 13.2. The summed E-state index contributed by atoms with van der Waals surface area (Å²) in [6.07, 6.45) is 6.97. The summed E-state index contributed by atoms with van der Waals surface area (Å²) in [5.74, 6) is 1.84. The Morgan fingerprint density at radius 1 is 0.893 bits per heavy atom. The fourth-order valence-corrected chi connectivity index (χ4v) is 9.61. The van der Waals surface area contributed by atoms with E-state index in [1.807, 2.05) is 48.6 Å². The first kappa shape index (κ1) is 34.6. The molecule has 3 saturated heterocycles. The van der Waals surface area contributed by atoms with E-state index in [2.05, 4.69) is 47.8 Å². The number of imide groups is 1. The number of carbonyl (C=O) groups excluding carboxylic acids is 3. The van der Waals surface area contributed by atoms with Crippen molar-refractivity contribution in [3.8, 4) is 5.75 Å². The molecule has 7 aliphatic rings. The average Bonchev–Trinajstić information content (AvgIpc) is 3.76. The highest BCUT2D eigenvalue weighted by atomic mass is 16.3. The number of allylic oxidation sites excluding steroid dienone is 1. The molecule has 0 spiro atoms. The van der Waals surface area contributed by atoms with Crippen LogP contribution in [0.2, 0.25) is 0 Å². The van der Waals surface area contributed by atoms with Gasteiger partial charge in [0.25, 0.3) is 5.91 Å². The Bertz CT molecular complexity index is 2180. The Kier molecular flexibility index (Phi) is 8.49. The zero-order chi connectivity index (χ0) is 38.1. The van der Waals surface area contributed by atoms with Crippen molar-refractivity contribution in [1.29, 1.82) is 0 Å². The lowest BCUT2D eigenvalue weighted by Crippen LogP contribution is -2.61. The number of rotatable bonds is 6. The van der Waals surface area contributed by atoms with Crippen LogP contribution in [-0.2, 0) is 29.2 Å². The average molecular weight is 758 g/mol.